The van der Waals surface area contributed by atoms with Crippen LogP contribution in [0.1, 0.15) is 59.4 Å². The van der Waals surface area contributed by atoms with Crippen molar-refractivity contribution in [2.45, 2.75) is 58.8 Å². The molecule has 1 aromatic carbocycles. The molecule has 0 atom stereocenters. The molecule has 2 nitrogen and oxygen atoms in total. The number of fused-ring (bicyclic) bond motifs is 1. The topological polar surface area (TPSA) is 28.7 Å². The van der Waals surface area contributed by atoms with Crippen molar-refractivity contribution in [1.82, 2.24) is 9.97 Å². The Bertz CT molecular complexity index is 556. The number of benzene rings is 1. The van der Waals surface area contributed by atoms with E-state index in [-0.39, 0.29) is 10.8 Å². The lowest BCUT2D eigenvalue weighted by atomic mass is 9.82. The van der Waals surface area contributed by atoms with Crippen molar-refractivity contribution in [3.05, 3.63) is 29.6 Å². The highest BCUT2D eigenvalue weighted by atomic mass is 14.9. The fraction of sp³-hybridized carbons (Fsp3) is 0.562. The quantitative estimate of drug-likeness (QED) is 0.825. The van der Waals surface area contributed by atoms with Gasteiger partial charge in [-0.15, -0.1) is 0 Å². The van der Waals surface area contributed by atoms with Crippen LogP contribution in [0.5, 0.6) is 0 Å². The van der Waals surface area contributed by atoms with Crippen molar-refractivity contribution < 1.29 is 0 Å². The fourth-order valence-corrected chi connectivity index (χ4v) is 1.99. The first-order chi connectivity index (χ1) is 8.24. The largest absolute Gasteiger partial charge is 0.342 e. The molecule has 0 saturated heterocycles. The molecule has 18 heavy (non-hydrogen) atoms. The second-order valence-electron chi connectivity index (χ2n) is 6.80. The molecule has 0 aliphatic carbocycles. The third-order valence-electron chi connectivity index (χ3n) is 3.86. The van der Waals surface area contributed by atoms with Gasteiger partial charge in [0.2, 0.25) is 0 Å². The lowest BCUT2D eigenvalue weighted by Gasteiger charge is -2.23. The maximum atomic E-state index is 4.74. The van der Waals surface area contributed by atoms with Crippen LogP contribution in [0.2, 0.25) is 0 Å². The normalized spacial score (nSPS) is 13.2. The van der Waals surface area contributed by atoms with Gasteiger partial charge in [-0.3, -0.25) is 0 Å². The molecule has 0 aliphatic rings. The van der Waals surface area contributed by atoms with Crippen molar-refractivity contribution in [3.8, 4) is 0 Å². The molecule has 2 aromatic rings. The smallest absolute Gasteiger partial charge is 0.112 e. The van der Waals surface area contributed by atoms with Gasteiger partial charge < -0.3 is 4.98 Å². The predicted octanol–water partition coefficient (Wildman–Crippen LogP) is 4.55. The number of rotatable bonds is 2. The van der Waals surface area contributed by atoms with Gasteiger partial charge in [0.25, 0.3) is 0 Å². The zero-order chi connectivity index (χ0) is 13.6. The lowest BCUT2D eigenvalue weighted by molar-refractivity contribution is 0.507. The van der Waals surface area contributed by atoms with Crippen molar-refractivity contribution in [2.24, 2.45) is 0 Å². The average Bonchev–Trinajstić information content (AvgIpc) is 2.71. The first-order valence-corrected chi connectivity index (χ1v) is 6.75. The van der Waals surface area contributed by atoms with Crippen LogP contribution in [-0.4, -0.2) is 9.97 Å². The van der Waals surface area contributed by atoms with Crippen molar-refractivity contribution >= 4 is 11.0 Å². The summed E-state index contributed by atoms with van der Waals surface area (Å²) < 4.78 is 0. The van der Waals surface area contributed by atoms with Crippen LogP contribution in [0.4, 0.5) is 0 Å². The van der Waals surface area contributed by atoms with Crippen LogP contribution in [0, 0.1) is 0 Å². The average molecular weight is 244 g/mol. The van der Waals surface area contributed by atoms with Gasteiger partial charge >= 0.3 is 0 Å². The number of hydrogen-bond acceptors (Lipinski definition) is 1. The number of hydrogen-bond donors (Lipinski definition) is 1. The molecule has 2 heteroatoms. The molecule has 0 bridgehead atoms. The molecule has 0 unspecified atom stereocenters. The summed E-state index contributed by atoms with van der Waals surface area (Å²) in [7, 11) is 0. The molecule has 98 valence electrons. The minimum atomic E-state index is 0.0689. The highest BCUT2D eigenvalue weighted by Crippen LogP contribution is 2.30. The summed E-state index contributed by atoms with van der Waals surface area (Å²) in [5.41, 5.74) is 3.87. The van der Waals surface area contributed by atoms with E-state index in [0.717, 1.165) is 23.3 Å². The van der Waals surface area contributed by atoms with Gasteiger partial charge in [-0.25, -0.2) is 4.98 Å². The molecule has 0 fully saturated rings. The Morgan fingerprint density at radius 2 is 1.78 bits per heavy atom. The maximum absolute atomic E-state index is 4.74. The summed E-state index contributed by atoms with van der Waals surface area (Å²) in [4.78, 5) is 8.16. The van der Waals surface area contributed by atoms with Gasteiger partial charge in [0.05, 0.1) is 11.0 Å². The summed E-state index contributed by atoms with van der Waals surface area (Å²) in [6.45, 7) is 13.3. The van der Waals surface area contributed by atoms with E-state index in [0.29, 0.717) is 0 Å². The van der Waals surface area contributed by atoms with Gasteiger partial charge in [-0.1, -0.05) is 47.6 Å². The van der Waals surface area contributed by atoms with E-state index in [1.54, 1.807) is 0 Å². The summed E-state index contributed by atoms with van der Waals surface area (Å²) in [6.07, 6.45) is 1.13. The molecular formula is C16H24N2. The highest BCUT2D eigenvalue weighted by molar-refractivity contribution is 5.76. The van der Waals surface area contributed by atoms with E-state index in [4.69, 9.17) is 4.98 Å². The highest BCUT2D eigenvalue weighted by Gasteiger charge is 2.21. The Kier molecular flexibility index (Phi) is 3.00. The third kappa shape index (κ3) is 2.29. The Morgan fingerprint density at radius 3 is 2.33 bits per heavy atom. The van der Waals surface area contributed by atoms with Gasteiger partial charge in [0.1, 0.15) is 5.82 Å². The Morgan fingerprint density at radius 1 is 1.11 bits per heavy atom. The summed E-state index contributed by atoms with van der Waals surface area (Å²) in [5, 5.41) is 0. The summed E-state index contributed by atoms with van der Waals surface area (Å²) in [6, 6.07) is 6.60. The monoisotopic (exact) mass is 244 g/mol. The second-order valence-corrected chi connectivity index (χ2v) is 6.80. The molecule has 0 saturated carbocycles. The van der Waals surface area contributed by atoms with E-state index in [1.165, 1.54) is 5.56 Å². The first kappa shape index (κ1) is 13.1. The number of nitrogens with zero attached hydrogens (tertiary/aromatic N) is 1. The van der Waals surface area contributed by atoms with Crippen molar-refractivity contribution in [2.75, 3.05) is 0 Å². The minimum Gasteiger partial charge on any atom is -0.342 e. The molecule has 0 amide bonds. The Labute approximate surface area is 110 Å². The minimum absolute atomic E-state index is 0.0689. The van der Waals surface area contributed by atoms with Crippen LogP contribution >= 0.6 is 0 Å². The van der Waals surface area contributed by atoms with Crippen LogP contribution in [0.3, 0.4) is 0 Å². The number of nitrogens with one attached hydrogen (secondary N) is 1. The zero-order valence-electron chi connectivity index (χ0n) is 12.4. The SMILES string of the molecule is CCC(C)(C)c1ccc2[nH]c(C(C)(C)C)nc2c1. The van der Waals surface area contributed by atoms with Crippen LogP contribution in [0.25, 0.3) is 11.0 Å². The molecule has 1 N–H and O–H groups in total. The van der Waals surface area contributed by atoms with Gasteiger partial charge in [-0.05, 0) is 29.5 Å². The first-order valence-electron chi connectivity index (χ1n) is 6.75. The van der Waals surface area contributed by atoms with Crippen LogP contribution < -0.4 is 0 Å². The molecule has 2 rings (SSSR count). The Balaban J connectivity index is 2.53. The fourth-order valence-electron chi connectivity index (χ4n) is 1.99. The van der Waals surface area contributed by atoms with Crippen LogP contribution in [-0.2, 0) is 10.8 Å². The number of imidazole rings is 1. The van der Waals surface area contributed by atoms with E-state index in [2.05, 4.69) is 64.7 Å². The van der Waals surface area contributed by atoms with Gasteiger partial charge in [0, 0.05) is 5.41 Å². The third-order valence-corrected chi connectivity index (χ3v) is 3.86. The second kappa shape index (κ2) is 4.11. The van der Waals surface area contributed by atoms with Gasteiger partial charge in [0.15, 0.2) is 0 Å². The standard InChI is InChI=1S/C16H24N2/c1-7-16(5,6)11-8-9-12-13(10-11)18-14(17-12)15(2,3)4/h8-10H,7H2,1-6H3,(H,17,18). The molecular weight excluding hydrogens is 220 g/mol. The van der Waals surface area contributed by atoms with Crippen LogP contribution in [0.15, 0.2) is 18.2 Å². The number of aromatic nitrogens is 2. The lowest BCUT2D eigenvalue weighted by Crippen LogP contribution is -2.15. The van der Waals surface area contributed by atoms with Crippen molar-refractivity contribution in [1.29, 1.82) is 0 Å². The van der Waals surface area contributed by atoms with E-state index >= 15 is 0 Å². The Hall–Kier alpha value is -1.31. The summed E-state index contributed by atoms with van der Waals surface area (Å²) >= 11 is 0. The molecule has 0 radical (unpaired) electrons. The molecule has 0 spiro atoms. The molecule has 1 heterocycles. The van der Waals surface area contributed by atoms with E-state index in [9.17, 15) is 0 Å². The maximum Gasteiger partial charge on any atom is 0.112 e. The van der Waals surface area contributed by atoms with Gasteiger partial charge in [-0.2, -0.15) is 0 Å². The predicted molar refractivity (Wildman–Crippen MR) is 78.1 cm³/mol. The molecule has 0 aliphatic heterocycles. The van der Waals surface area contributed by atoms with E-state index < -0.39 is 0 Å². The summed E-state index contributed by atoms with van der Waals surface area (Å²) in [5.74, 6) is 1.06. The van der Waals surface area contributed by atoms with Crippen molar-refractivity contribution in [3.63, 3.8) is 0 Å². The number of H-pyrrole nitrogens is 1. The van der Waals surface area contributed by atoms with E-state index in [1.807, 2.05) is 0 Å². The zero-order valence-corrected chi connectivity index (χ0v) is 12.4. The number of aromatic amines is 1. The molecule has 1 aromatic heterocycles.